The van der Waals surface area contributed by atoms with Crippen LogP contribution < -0.4 is 0 Å². The van der Waals surface area contributed by atoms with Crippen molar-refractivity contribution in [2.45, 2.75) is 19.8 Å². The van der Waals surface area contributed by atoms with Gasteiger partial charge in [0.15, 0.2) is 0 Å². The summed E-state index contributed by atoms with van der Waals surface area (Å²) in [6.07, 6.45) is 1.49. The van der Waals surface area contributed by atoms with Crippen molar-refractivity contribution in [3.63, 3.8) is 0 Å². The lowest BCUT2D eigenvalue weighted by atomic mass is 10.2. The molecular formula is C13H11Cl2NO2S. The summed E-state index contributed by atoms with van der Waals surface area (Å²) in [7, 11) is 0. The first-order chi connectivity index (χ1) is 9.01. The van der Waals surface area contributed by atoms with Gasteiger partial charge in [0.1, 0.15) is 9.88 Å². The molecule has 0 atom stereocenters. The molecule has 0 bridgehead atoms. The van der Waals surface area contributed by atoms with E-state index in [9.17, 15) is 9.90 Å². The van der Waals surface area contributed by atoms with E-state index in [1.807, 2.05) is 6.92 Å². The quantitative estimate of drug-likeness (QED) is 0.884. The maximum Gasteiger partial charge on any atom is 0.347 e. The van der Waals surface area contributed by atoms with Gasteiger partial charge in [0.05, 0.1) is 5.69 Å². The second-order valence-corrected chi connectivity index (χ2v) is 5.88. The molecule has 0 unspecified atom stereocenters. The molecule has 0 aliphatic carbocycles. The molecule has 1 aromatic carbocycles. The number of hydrogen-bond donors (Lipinski definition) is 1. The van der Waals surface area contributed by atoms with Crippen LogP contribution in [0.4, 0.5) is 0 Å². The number of carboxylic acids is 1. The Hall–Kier alpha value is -1.10. The summed E-state index contributed by atoms with van der Waals surface area (Å²) in [4.78, 5) is 15.9. The topological polar surface area (TPSA) is 50.2 Å². The van der Waals surface area contributed by atoms with E-state index in [-0.39, 0.29) is 4.88 Å². The van der Waals surface area contributed by atoms with Gasteiger partial charge in [-0.05, 0) is 24.6 Å². The van der Waals surface area contributed by atoms with Gasteiger partial charge in [0, 0.05) is 15.6 Å². The normalized spacial score (nSPS) is 10.7. The minimum absolute atomic E-state index is 0.285. The number of thiazole rings is 1. The zero-order chi connectivity index (χ0) is 14.0. The highest BCUT2D eigenvalue weighted by molar-refractivity contribution is 7.17. The molecule has 2 rings (SSSR count). The molecule has 6 heteroatoms. The third-order valence-electron chi connectivity index (χ3n) is 2.49. The van der Waals surface area contributed by atoms with Crippen molar-refractivity contribution < 1.29 is 9.90 Å². The van der Waals surface area contributed by atoms with Crippen molar-refractivity contribution >= 4 is 40.5 Å². The summed E-state index contributed by atoms with van der Waals surface area (Å²) in [6.45, 7) is 1.99. The van der Waals surface area contributed by atoms with E-state index in [0.717, 1.165) is 23.3 Å². The van der Waals surface area contributed by atoms with Crippen LogP contribution in [0.15, 0.2) is 18.2 Å². The SMILES string of the molecule is CCCc1nc(-c2cc(Cl)cc(Cl)c2)sc1C(=O)O. The standard InChI is InChI=1S/C13H11Cl2NO2S/c1-2-3-10-11(13(17)18)19-12(16-10)7-4-8(14)6-9(15)5-7/h4-6H,2-3H2,1H3,(H,17,18). The molecule has 100 valence electrons. The fourth-order valence-electron chi connectivity index (χ4n) is 1.73. The van der Waals surface area contributed by atoms with Gasteiger partial charge in [-0.25, -0.2) is 9.78 Å². The number of aryl methyl sites for hydroxylation is 1. The van der Waals surface area contributed by atoms with E-state index in [2.05, 4.69) is 4.98 Å². The molecule has 0 saturated heterocycles. The second kappa shape index (κ2) is 5.90. The molecule has 0 aliphatic heterocycles. The van der Waals surface area contributed by atoms with E-state index >= 15 is 0 Å². The molecule has 3 nitrogen and oxygen atoms in total. The highest BCUT2D eigenvalue weighted by atomic mass is 35.5. The number of nitrogens with zero attached hydrogens (tertiary/aromatic N) is 1. The summed E-state index contributed by atoms with van der Waals surface area (Å²) < 4.78 is 0. The highest BCUT2D eigenvalue weighted by Crippen LogP contribution is 2.32. The van der Waals surface area contributed by atoms with Crippen LogP contribution in [-0.2, 0) is 6.42 Å². The highest BCUT2D eigenvalue weighted by Gasteiger charge is 2.17. The minimum atomic E-state index is -0.944. The summed E-state index contributed by atoms with van der Waals surface area (Å²) in [5.74, 6) is -0.944. The Bertz CT molecular complexity index is 605. The van der Waals surface area contributed by atoms with Crippen LogP contribution in [0, 0.1) is 0 Å². The van der Waals surface area contributed by atoms with Crippen LogP contribution in [0.3, 0.4) is 0 Å². The zero-order valence-corrected chi connectivity index (χ0v) is 12.4. The predicted molar refractivity (Wildman–Crippen MR) is 78.5 cm³/mol. The van der Waals surface area contributed by atoms with Crippen LogP contribution in [-0.4, -0.2) is 16.1 Å². The average molecular weight is 316 g/mol. The van der Waals surface area contributed by atoms with Gasteiger partial charge in [-0.3, -0.25) is 0 Å². The first kappa shape index (κ1) is 14.3. The van der Waals surface area contributed by atoms with Crippen LogP contribution in [0.5, 0.6) is 0 Å². The molecule has 1 aromatic heterocycles. The van der Waals surface area contributed by atoms with Crippen molar-refractivity contribution in [1.29, 1.82) is 0 Å². The maximum atomic E-state index is 11.2. The molecule has 0 saturated carbocycles. The van der Waals surface area contributed by atoms with E-state index < -0.39 is 5.97 Å². The van der Waals surface area contributed by atoms with Gasteiger partial charge in [0.2, 0.25) is 0 Å². The fraction of sp³-hybridized carbons (Fsp3) is 0.231. The number of aromatic nitrogens is 1. The molecule has 0 spiro atoms. The van der Waals surface area contributed by atoms with Crippen LogP contribution in [0.25, 0.3) is 10.6 Å². The molecule has 1 N–H and O–H groups in total. The maximum absolute atomic E-state index is 11.2. The number of halogens is 2. The Kier molecular flexibility index (Phi) is 4.45. The zero-order valence-electron chi connectivity index (χ0n) is 10.1. The molecule has 0 radical (unpaired) electrons. The average Bonchev–Trinajstić information content (AvgIpc) is 2.72. The number of benzene rings is 1. The van der Waals surface area contributed by atoms with Crippen molar-refractivity contribution in [2.24, 2.45) is 0 Å². The summed E-state index contributed by atoms with van der Waals surface area (Å²) in [5, 5.41) is 10.8. The molecule has 0 amide bonds. The number of aromatic carboxylic acids is 1. The third kappa shape index (κ3) is 3.26. The number of carbonyl (C=O) groups is 1. The van der Waals surface area contributed by atoms with Crippen molar-refractivity contribution in [3.8, 4) is 10.6 Å². The minimum Gasteiger partial charge on any atom is -0.477 e. The third-order valence-corrected chi connectivity index (χ3v) is 4.06. The lowest BCUT2D eigenvalue weighted by Gasteiger charge is -1.98. The van der Waals surface area contributed by atoms with Gasteiger partial charge in [-0.1, -0.05) is 36.5 Å². The van der Waals surface area contributed by atoms with Gasteiger partial charge >= 0.3 is 5.97 Å². The van der Waals surface area contributed by atoms with Crippen molar-refractivity contribution in [3.05, 3.63) is 38.8 Å². The number of rotatable bonds is 4. The van der Waals surface area contributed by atoms with Gasteiger partial charge in [-0.2, -0.15) is 0 Å². The largest absolute Gasteiger partial charge is 0.477 e. The molecule has 0 aliphatic rings. The van der Waals surface area contributed by atoms with E-state index in [1.165, 1.54) is 0 Å². The molecule has 2 aromatic rings. The van der Waals surface area contributed by atoms with Crippen molar-refractivity contribution in [2.75, 3.05) is 0 Å². The summed E-state index contributed by atoms with van der Waals surface area (Å²) in [5.41, 5.74) is 1.36. The van der Waals surface area contributed by atoms with Gasteiger partial charge in [-0.15, -0.1) is 11.3 Å². The Morgan fingerprint density at radius 1 is 1.32 bits per heavy atom. The van der Waals surface area contributed by atoms with Crippen LogP contribution >= 0.6 is 34.5 Å². The fourth-order valence-corrected chi connectivity index (χ4v) is 3.19. The van der Waals surface area contributed by atoms with E-state index in [0.29, 0.717) is 27.2 Å². The number of carboxylic acid groups (broad SMARTS) is 1. The summed E-state index contributed by atoms with van der Waals surface area (Å²) >= 11 is 13.0. The Labute approximate surface area is 124 Å². The van der Waals surface area contributed by atoms with Crippen LogP contribution in [0.2, 0.25) is 10.0 Å². The Morgan fingerprint density at radius 3 is 2.47 bits per heavy atom. The first-order valence-corrected chi connectivity index (χ1v) is 7.28. The molecule has 19 heavy (non-hydrogen) atoms. The second-order valence-electron chi connectivity index (χ2n) is 4.01. The summed E-state index contributed by atoms with van der Waals surface area (Å²) in [6, 6.07) is 5.09. The van der Waals surface area contributed by atoms with E-state index in [1.54, 1.807) is 18.2 Å². The lowest BCUT2D eigenvalue weighted by molar-refractivity contribution is 0.0700. The Morgan fingerprint density at radius 2 is 1.95 bits per heavy atom. The Balaban J connectivity index is 2.50. The van der Waals surface area contributed by atoms with Gasteiger partial charge < -0.3 is 5.11 Å². The van der Waals surface area contributed by atoms with Crippen LogP contribution in [0.1, 0.15) is 28.7 Å². The number of hydrogen-bond acceptors (Lipinski definition) is 3. The molecule has 1 heterocycles. The predicted octanol–water partition coefficient (Wildman–Crippen LogP) is 4.77. The first-order valence-electron chi connectivity index (χ1n) is 5.70. The molecule has 0 fully saturated rings. The van der Waals surface area contributed by atoms with E-state index in [4.69, 9.17) is 23.2 Å². The smallest absolute Gasteiger partial charge is 0.347 e. The van der Waals surface area contributed by atoms with Crippen molar-refractivity contribution in [1.82, 2.24) is 4.98 Å². The molecular weight excluding hydrogens is 305 g/mol. The lowest BCUT2D eigenvalue weighted by Crippen LogP contribution is -1.98. The monoisotopic (exact) mass is 315 g/mol. The van der Waals surface area contributed by atoms with Gasteiger partial charge in [0.25, 0.3) is 0 Å².